The van der Waals surface area contributed by atoms with Gasteiger partial charge in [0.1, 0.15) is 16.7 Å². The van der Waals surface area contributed by atoms with Crippen molar-refractivity contribution in [2.75, 3.05) is 0 Å². The molecule has 0 atom stereocenters. The summed E-state index contributed by atoms with van der Waals surface area (Å²) in [5, 5.41) is 0.441. The van der Waals surface area contributed by atoms with Gasteiger partial charge in [0, 0.05) is 17.8 Å². The van der Waals surface area contributed by atoms with E-state index in [1.165, 1.54) is 5.56 Å². The van der Waals surface area contributed by atoms with Gasteiger partial charge >= 0.3 is 0 Å². The zero-order chi connectivity index (χ0) is 12.3. The first kappa shape index (κ1) is 11.9. The van der Waals surface area contributed by atoms with Gasteiger partial charge in [-0.1, -0.05) is 30.7 Å². The molecular weight excluding hydrogens is 234 g/mol. The van der Waals surface area contributed by atoms with Gasteiger partial charge in [0.2, 0.25) is 0 Å². The summed E-state index contributed by atoms with van der Waals surface area (Å²) in [7, 11) is 0. The van der Waals surface area contributed by atoms with Crippen molar-refractivity contribution < 1.29 is 4.74 Å². The quantitative estimate of drug-likeness (QED) is 0.750. The Bertz CT molecular complexity index is 508. The Morgan fingerprint density at radius 3 is 2.59 bits per heavy atom. The van der Waals surface area contributed by atoms with E-state index in [1.807, 2.05) is 19.1 Å². The van der Waals surface area contributed by atoms with E-state index < -0.39 is 0 Å². The van der Waals surface area contributed by atoms with Crippen molar-refractivity contribution >= 4 is 11.6 Å². The fourth-order valence-electron chi connectivity index (χ4n) is 1.51. The number of halogens is 1. The van der Waals surface area contributed by atoms with Gasteiger partial charge in [0.15, 0.2) is 0 Å². The van der Waals surface area contributed by atoms with Crippen molar-refractivity contribution in [2.45, 2.75) is 20.3 Å². The Hall–Kier alpha value is -1.54. The minimum absolute atomic E-state index is 0.441. The monoisotopic (exact) mass is 247 g/mol. The average molecular weight is 248 g/mol. The number of aromatic nitrogens is 1. The lowest BCUT2D eigenvalue weighted by Gasteiger charge is -2.08. The number of nitrogens with zero attached hydrogens (tertiary/aromatic N) is 1. The molecule has 0 unspecified atom stereocenters. The topological polar surface area (TPSA) is 22.1 Å². The van der Waals surface area contributed by atoms with Crippen LogP contribution in [0.15, 0.2) is 36.5 Å². The van der Waals surface area contributed by atoms with Gasteiger partial charge in [-0.2, -0.15) is 0 Å². The van der Waals surface area contributed by atoms with Gasteiger partial charge in [-0.15, -0.1) is 0 Å². The largest absolute Gasteiger partial charge is 0.457 e. The highest BCUT2D eigenvalue weighted by atomic mass is 35.5. The highest BCUT2D eigenvalue weighted by Crippen LogP contribution is 2.26. The van der Waals surface area contributed by atoms with Crippen LogP contribution in [0.3, 0.4) is 0 Å². The smallest absolute Gasteiger partial charge is 0.134 e. The van der Waals surface area contributed by atoms with Crippen molar-refractivity contribution in [3.8, 4) is 11.5 Å². The minimum Gasteiger partial charge on any atom is -0.457 e. The number of hydrogen-bond donors (Lipinski definition) is 0. The Morgan fingerprint density at radius 2 is 1.94 bits per heavy atom. The Balaban J connectivity index is 2.22. The molecule has 0 aliphatic rings. The van der Waals surface area contributed by atoms with Gasteiger partial charge in [-0.05, 0) is 31.0 Å². The number of pyridine rings is 1. The lowest BCUT2D eigenvalue weighted by molar-refractivity contribution is 0.478. The summed E-state index contributed by atoms with van der Waals surface area (Å²) in [6.45, 7) is 4.07. The number of rotatable bonds is 3. The third-order valence-corrected chi connectivity index (χ3v) is 2.79. The normalized spacial score (nSPS) is 10.3. The maximum absolute atomic E-state index is 5.84. The van der Waals surface area contributed by atoms with Crippen LogP contribution in [0.2, 0.25) is 5.15 Å². The maximum Gasteiger partial charge on any atom is 0.134 e. The zero-order valence-corrected chi connectivity index (χ0v) is 10.7. The molecule has 1 heterocycles. The highest BCUT2D eigenvalue weighted by molar-refractivity contribution is 6.29. The van der Waals surface area contributed by atoms with Crippen LogP contribution in [0, 0.1) is 6.92 Å². The van der Waals surface area contributed by atoms with Gasteiger partial charge in [-0.25, -0.2) is 4.98 Å². The van der Waals surface area contributed by atoms with E-state index in [2.05, 4.69) is 24.0 Å². The summed E-state index contributed by atoms with van der Waals surface area (Å²) in [4.78, 5) is 3.99. The summed E-state index contributed by atoms with van der Waals surface area (Å²) in [5.74, 6) is 1.56. The second kappa shape index (κ2) is 5.19. The molecule has 1 aromatic heterocycles. The third-order valence-electron chi connectivity index (χ3n) is 2.58. The summed E-state index contributed by atoms with van der Waals surface area (Å²) < 4.78 is 5.77. The molecule has 3 heteroatoms. The first-order valence-electron chi connectivity index (χ1n) is 5.58. The fraction of sp³-hybridized carbons (Fsp3) is 0.214. The van der Waals surface area contributed by atoms with Crippen molar-refractivity contribution in [3.05, 3.63) is 52.8 Å². The molecule has 2 aromatic rings. The zero-order valence-electron chi connectivity index (χ0n) is 9.90. The number of aryl methyl sites for hydroxylation is 2. The average Bonchev–Trinajstić information content (AvgIpc) is 2.35. The van der Waals surface area contributed by atoms with E-state index in [0.717, 1.165) is 23.5 Å². The summed E-state index contributed by atoms with van der Waals surface area (Å²) in [6, 6.07) is 9.78. The van der Waals surface area contributed by atoms with E-state index in [9.17, 15) is 0 Å². The third kappa shape index (κ3) is 2.98. The molecule has 1 aromatic carbocycles. The first-order valence-corrected chi connectivity index (χ1v) is 5.96. The molecule has 0 saturated carbocycles. The van der Waals surface area contributed by atoms with Crippen LogP contribution in [0.1, 0.15) is 18.1 Å². The molecule has 17 heavy (non-hydrogen) atoms. The number of benzene rings is 1. The first-order chi connectivity index (χ1) is 8.19. The molecule has 88 valence electrons. The van der Waals surface area contributed by atoms with Crippen LogP contribution in [0.25, 0.3) is 0 Å². The molecule has 0 aliphatic heterocycles. The lowest BCUT2D eigenvalue weighted by Crippen LogP contribution is -1.89. The molecule has 0 N–H and O–H groups in total. The molecule has 0 radical (unpaired) electrons. The van der Waals surface area contributed by atoms with Crippen LogP contribution in [0.4, 0.5) is 0 Å². The molecule has 0 saturated heterocycles. The van der Waals surface area contributed by atoms with Gasteiger partial charge in [-0.3, -0.25) is 0 Å². The SMILES string of the molecule is CCc1ccc(Oc2cc(Cl)ncc2C)cc1. The molecule has 0 aliphatic carbocycles. The second-order valence-corrected chi connectivity index (χ2v) is 4.26. The van der Waals surface area contributed by atoms with Gasteiger partial charge in [0.25, 0.3) is 0 Å². The van der Waals surface area contributed by atoms with E-state index in [0.29, 0.717) is 5.15 Å². The molecular formula is C14H14ClNO. The number of ether oxygens (including phenoxy) is 1. The Labute approximate surface area is 106 Å². The predicted molar refractivity (Wildman–Crippen MR) is 69.9 cm³/mol. The van der Waals surface area contributed by atoms with Crippen LogP contribution < -0.4 is 4.74 Å². The standard InChI is InChI=1S/C14H14ClNO/c1-3-11-4-6-12(7-5-11)17-13-8-14(15)16-9-10(13)2/h4-9H,3H2,1-2H3. The van der Waals surface area contributed by atoms with Gasteiger partial charge in [0.05, 0.1) is 0 Å². The van der Waals surface area contributed by atoms with Gasteiger partial charge < -0.3 is 4.74 Å². The van der Waals surface area contributed by atoms with Crippen LogP contribution >= 0.6 is 11.6 Å². The second-order valence-electron chi connectivity index (χ2n) is 3.87. The summed E-state index contributed by atoms with van der Waals surface area (Å²) >= 11 is 5.84. The van der Waals surface area contributed by atoms with Crippen molar-refractivity contribution in [1.29, 1.82) is 0 Å². The molecule has 0 spiro atoms. The summed E-state index contributed by atoms with van der Waals surface area (Å²) in [5.41, 5.74) is 2.26. The molecule has 0 amide bonds. The molecule has 2 rings (SSSR count). The Kier molecular flexibility index (Phi) is 3.64. The molecule has 0 fully saturated rings. The summed E-state index contributed by atoms with van der Waals surface area (Å²) in [6.07, 6.45) is 2.73. The van der Waals surface area contributed by atoms with Crippen molar-refractivity contribution in [2.24, 2.45) is 0 Å². The fourth-order valence-corrected chi connectivity index (χ4v) is 1.66. The lowest BCUT2D eigenvalue weighted by atomic mass is 10.2. The van der Waals surface area contributed by atoms with Crippen LogP contribution in [0.5, 0.6) is 11.5 Å². The van der Waals surface area contributed by atoms with Crippen LogP contribution in [-0.2, 0) is 6.42 Å². The number of hydrogen-bond acceptors (Lipinski definition) is 2. The maximum atomic E-state index is 5.84. The van der Waals surface area contributed by atoms with E-state index in [4.69, 9.17) is 16.3 Å². The van der Waals surface area contributed by atoms with E-state index >= 15 is 0 Å². The molecule has 2 nitrogen and oxygen atoms in total. The van der Waals surface area contributed by atoms with E-state index in [-0.39, 0.29) is 0 Å². The van der Waals surface area contributed by atoms with Crippen LogP contribution in [-0.4, -0.2) is 4.98 Å². The Morgan fingerprint density at radius 1 is 1.24 bits per heavy atom. The molecule has 0 bridgehead atoms. The van der Waals surface area contributed by atoms with Crippen molar-refractivity contribution in [1.82, 2.24) is 4.98 Å². The van der Waals surface area contributed by atoms with E-state index in [1.54, 1.807) is 12.3 Å². The highest BCUT2D eigenvalue weighted by Gasteiger charge is 2.03. The predicted octanol–water partition coefficient (Wildman–Crippen LogP) is 4.40. The van der Waals surface area contributed by atoms with Crippen molar-refractivity contribution in [3.63, 3.8) is 0 Å². The minimum atomic E-state index is 0.441.